The zero-order valence-corrected chi connectivity index (χ0v) is 19.9. The third kappa shape index (κ3) is 5.22. The molecule has 0 radical (unpaired) electrons. The summed E-state index contributed by atoms with van der Waals surface area (Å²) >= 11 is 0. The molecule has 2 aromatic heterocycles. The first-order valence-electron chi connectivity index (χ1n) is 11.6. The second-order valence-electron chi connectivity index (χ2n) is 8.58. The number of nitrogens with zero attached hydrogens (tertiary/aromatic N) is 4. The van der Waals surface area contributed by atoms with Gasteiger partial charge in [-0.3, -0.25) is 10.1 Å². The van der Waals surface area contributed by atoms with Crippen molar-refractivity contribution in [1.29, 1.82) is 0 Å². The molecule has 0 unspecified atom stereocenters. The van der Waals surface area contributed by atoms with E-state index in [4.69, 9.17) is 0 Å². The van der Waals surface area contributed by atoms with E-state index >= 15 is 0 Å². The van der Waals surface area contributed by atoms with Crippen LogP contribution in [0.1, 0.15) is 25.8 Å². The van der Waals surface area contributed by atoms with Gasteiger partial charge in [0.1, 0.15) is 5.82 Å². The van der Waals surface area contributed by atoms with Crippen LogP contribution in [0, 0.1) is 0 Å². The Bertz CT molecular complexity index is 1430. The first-order valence-corrected chi connectivity index (χ1v) is 11.6. The van der Waals surface area contributed by atoms with Crippen molar-refractivity contribution in [1.82, 2.24) is 25.5 Å². The molecule has 1 aliphatic rings. The van der Waals surface area contributed by atoms with Gasteiger partial charge in [-0.25, -0.2) is 4.98 Å². The number of nitrogens with one attached hydrogen (secondary N) is 4. The molecule has 0 atom stereocenters. The van der Waals surface area contributed by atoms with Crippen molar-refractivity contribution in [2.45, 2.75) is 26.7 Å². The maximum absolute atomic E-state index is 4.60. The van der Waals surface area contributed by atoms with Crippen molar-refractivity contribution < 1.29 is 0 Å². The minimum Gasteiger partial charge on any atom is -0.362 e. The molecule has 0 spiro atoms. The molecule has 3 heterocycles. The van der Waals surface area contributed by atoms with Gasteiger partial charge in [-0.05, 0) is 55.3 Å². The van der Waals surface area contributed by atoms with Gasteiger partial charge in [-0.15, -0.1) is 0 Å². The lowest BCUT2D eigenvalue weighted by Gasteiger charge is -2.19. The average Bonchev–Trinajstić information content (AvgIpc) is 3.34. The fourth-order valence-electron chi connectivity index (χ4n) is 4.06. The van der Waals surface area contributed by atoms with Crippen molar-refractivity contribution in [3.63, 3.8) is 0 Å². The SMILES string of the molecule is C=C(Cc1ccc(Nc2nccc(Nc3cccc4[nH]ncc34)n2)cc1)NC1=C(C)C(C)=NCC1. The average molecular weight is 465 g/mol. The topological polar surface area (TPSA) is 103 Å². The van der Waals surface area contributed by atoms with Crippen LogP contribution in [0.25, 0.3) is 10.9 Å². The predicted octanol–water partition coefficient (Wildman–Crippen LogP) is 5.62. The molecule has 0 bridgehead atoms. The molecule has 0 aliphatic carbocycles. The van der Waals surface area contributed by atoms with Crippen LogP contribution >= 0.6 is 0 Å². The summed E-state index contributed by atoms with van der Waals surface area (Å²) in [6.07, 6.45) is 5.21. The zero-order chi connectivity index (χ0) is 24.2. The monoisotopic (exact) mass is 464 g/mol. The number of hydrogen-bond donors (Lipinski definition) is 4. The molecular weight excluding hydrogens is 436 g/mol. The summed E-state index contributed by atoms with van der Waals surface area (Å²) in [5, 5.41) is 18.2. The third-order valence-corrected chi connectivity index (χ3v) is 6.06. The number of dihydropyridines is 1. The van der Waals surface area contributed by atoms with Crippen molar-refractivity contribution in [3.05, 3.63) is 90.0 Å². The fraction of sp³-hybridized carbons (Fsp3) is 0.185. The predicted molar refractivity (Wildman–Crippen MR) is 142 cm³/mol. The summed E-state index contributed by atoms with van der Waals surface area (Å²) in [5.41, 5.74) is 8.50. The van der Waals surface area contributed by atoms with Crippen molar-refractivity contribution in [2.75, 3.05) is 17.2 Å². The Balaban J connectivity index is 1.21. The normalized spacial score (nSPS) is 13.5. The van der Waals surface area contributed by atoms with E-state index in [9.17, 15) is 0 Å². The van der Waals surface area contributed by atoms with E-state index in [1.54, 1.807) is 12.4 Å². The quantitative estimate of drug-likeness (QED) is 0.270. The highest BCUT2D eigenvalue weighted by atomic mass is 15.1. The number of allylic oxidation sites excluding steroid dienone is 2. The Labute approximate surface area is 204 Å². The smallest absolute Gasteiger partial charge is 0.229 e. The Hall–Kier alpha value is -4.46. The van der Waals surface area contributed by atoms with Gasteiger partial charge in [-0.2, -0.15) is 10.1 Å². The maximum Gasteiger partial charge on any atom is 0.229 e. The summed E-state index contributed by atoms with van der Waals surface area (Å²) in [6, 6.07) is 16.0. The van der Waals surface area contributed by atoms with E-state index in [-0.39, 0.29) is 0 Å². The molecule has 0 saturated carbocycles. The van der Waals surface area contributed by atoms with Gasteiger partial charge in [0.25, 0.3) is 0 Å². The van der Waals surface area contributed by atoms with Gasteiger partial charge in [0.2, 0.25) is 5.95 Å². The molecule has 8 heteroatoms. The van der Waals surface area contributed by atoms with Crippen molar-refractivity contribution >= 4 is 39.8 Å². The Morgan fingerprint density at radius 2 is 1.91 bits per heavy atom. The van der Waals surface area contributed by atoms with Crippen molar-refractivity contribution in [3.8, 4) is 0 Å². The zero-order valence-electron chi connectivity index (χ0n) is 19.9. The molecule has 5 rings (SSSR count). The molecule has 0 fully saturated rings. The summed E-state index contributed by atoms with van der Waals surface area (Å²) in [5.74, 6) is 1.22. The minimum absolute atomic E-state index is 0.518. The molecule has 176 valence electrons. The van der Waals surface area contributed by atoms with E-state index in [1.807, 2.05) is 36.4 Å². The molecule has 8 nitrogen and oxygen atoms in total. The highest BCUT2D eigenvalue weighted by molar-refractivity contribution is 5.99. The van der Waals surface area contributed by atoms with Gasteiger partial charge in [-0.1, -0.05) is 24.8 Å². The molecule has 0 saturated heterocycles. The van der Waals surface area contributed by atoms with Gasteiger partial charge in [0.05, 0.1) is 17.4 Å². The number of aromatic nitrogens is 4. The van der Waals surface area contributed by atoms with Crippen LogP contribution in [0.4, 0.5) is 23.1 Å². The number of hydrogen-bond acceptors (Lipinski definition) is 7. The van der Waals surface area contributed by atoms with Gasteiger partial charge < -0.3 is 16.0 Å². The van der Waals surface area contributed by atoms with E-state index < -0.39 is 0 Å². The Kier molecular flexibility index (Phi) is 6.26. The summed E-state index contributed by atoms with van der Waals surface area (Å²) in [6.45, 7) is 9.22. The van der Waals surface area contributed by atoms with E-state index in [2.05, 4.69) is 73.7 Å². The van der Waals surface area contributed by atoms with Crippen LogP contribution in [-0.4, -0.2) is 32.4 Å². The molecule has 4 N–H and O–H groups in total. The molecule has 2 aromatic carbocycles. The first-order chi connectivity index (χ1) is 17.0. The molecule has 1 aliphatic heterocycles. The molecule has 35 heavy (non-hydrogen) atoms. The molecular formula is C27H28N8. The Morgan fingerprint density at radius 1 is 1.06 bits per heavy atom. The first kappa shape index (κ1) is 22.3. The number of rotatable bonds is 8. The van der Waals surface area contributed by atoms with E-state index in [0.717, 1.165) is 53.1 Å². The van der Waals surface area contributed by atoms with Crippen LogP contribution in [0.3, 0.4) is 0 Å². The number of H-pyrrole nitrogens is 1. The van der Waals surface area contributed by atoms with Crippen LogP contribution in [0.15, 0.2) is 89.5 Å². The van der Waals surface area contributed by atoms with Gasteiger partial charge in [0, 0.05) is 53.8 Å². The standard InChI is InChI=1S/C27H28N8/c1-17(31-23-11-13-28-19(3)18(23)2)15-20-7-9-21(10-8-20)32-27-29-14-12-26(34-27)33-24-5-4-6-25-22(24)16-30-35-25/h4-10,12,14,16,31H,1,11,13,15H2,2-3H3,(H,30,35)(H2,29,32,33,34). The number of aromatic amines is 1. The molecule has 4 aromatic rings. The third-order valence-electron chi connectivity index (χ3n) is 6.06. The highest BCUT2D eigenvalue weighted by Gasteiger charge is 2.11. The van der Waals surface area contributed by atoms with Crippen LogP contribution in [0.5, 0.6) is 0 Å². The summed E-state index contributed by atoms with van der Waals surface area (Å²) in [4.78, 5) is 13.5. The van der Waals surface area contributed by atoms with Gasteiger partial charge >= 0.3 is 0 Å². The highest BCUT2D eigenvalue weighted by Crippen LogP contribution is 2.25. The lowest BCUT2D eigenvalue weighted by Crippen LogP contribution is -2.21. The van der Waals surface area contributed by atoms with Gasteiger partial charge in [0.15, 0.2) is 0 Å². The van der Waals surface area contributed by atoms with E-state index in [1.165, 1.54) is 16.8 Å². The van der Waals surface area contributed by atoms with Crippen molar-refractivity contribution in [2.24, 2.45) is 4.99 Å². The number of anilines is 4. The fourth-order valence-corrected chi connectivity index (χ4v) is 4.06. The van der Waals surface area contributed by atoms with Crippen LogP contribution in [0.2, 0.25) is 0 Å². The number of fused-ring (bicyclic) bond motifs is 1. The second kappa shape index (κ2) is 9.80. The molecule has 0 amide bonds. The van der Waals surface area contributed by atoms with Crippen LogP contribution < -0.4 is 16.0 Å². The lowest BCUT2D eigenvalue weighted by atomic mass is 10.0. The minimum atomic E-state index is 0.518. The summed E-state index contributed by atoms with van der Waals surface area (Å²) < 4.78 is 0. The maximum atomic E-state index is 4.60. The van der Waals surface area contributed by atoms with Crippen LogP contribution in [-0.2, 0) is 6.42 Å². The second-order valence-corrected chi connectivity index (χ2v) is 8.58. The van der Waals surface area contributed by atoms with E-state index in [0.29, 0.717) is 11.8 Å². The number of aliphatic imine (C=N–C) groups is 1. The lowest BCUT2D eigenvalue weighted by molar-refractivity contribution is 0.799. The number of benzene rings is 2. The summed E-state index contributed by atoms with van der Waals surface area (Å²) in [7, 11) is 0. The largest absolute Gasteiger partial charge is 0.362 e. The Morgan fingerprint density at radius 3 is 2.77 bits per heavy atom.